The monoisotopic (exact) mass is 249 g/mol. The lowest BCUT2D eigenvalue weighted by Gasteiger charge is -2.23. The van der Waals surface area contributed by atoms with Crippen LogP contribution < -0.4 is 16.0 Å². The fraction of sp³-hybridized carbons (Fsp3) is 0.333. The van der Waals surface area contributed by atoms with Gasteiger partial charge in [-0.15, -0.1) is 0 Å². The zero-order valence-corrected chi connectivity index (χ0v) is 9.85. The lowest BCUT2D eigenvalue weighted by atomic mass is 10.1. The molecular formula is C12H15N3O3. The number of benzene rings is 1. The van der Waals surface area contributed by atoms with Gasteiger partial charge in [0, 0.05) is 26.1 Å². The molecule has 96 valence electrons. The maximum Gasteiger partial charge on any atom is 0.335 e. The highest BCUT2D eigenvalue weighted by molar-refractivity contribution is 5.90. The molecule has 0 atom stereocenters. The number of carbonyl (C=O) groups is 2. The second-order valence-corrected chi connectivity index (χ2v) is 4.17. The Labute approximate surface area is 104 Å². The van der Waals surface area contributed by atoms with E-state index in [2.05, 4.69) is 5.32 Å². The average molecular weight is 249 g/mol. The quantitative estimate of drug-likeness (QED) is 0.655. The topological polar surface area (TPSA) is 95.7 Å². The zero-order chi connectivity index (χ0) is 13.1. The number of carboxylic acid groups (broad SMARTS) is 1. The third-order valence-electron chi connectivity index (χ3n) is 2.93. The Hall–Kier alpha value is -2.24. The molecule has 0 radical (unpaired) electrons. The number of nitrogens with zero attached hydrogens (tertiary/aromatic N) is 1. The number of nitrogens with two attached hydrogens (primary N) is 1. The molecule has 1 fully saturated rings. The maximum atomic E-state index is 11.3. The molecule has 1 heterocycles. The van der Waals surface area contributed by atoms with E-state index in [-0.39, 0.29) is 11.5 Å². The van der Waals surface area contributed by atoms with E-state index in [1.54, 1.807) is 12.1 Å². The van der Waals surface area contributed by atoms with Crippen molar-refractivity contribution in [3.8, 4) is 0 Å². The van der Waals surface area contributed by atoms with Crippen LogP contribution in [0.3, 0.4) is 0 Å². The molecule has 6 nitrogen and oxygen atoms in total. The van der Waals surface area contributed by atoms with Crippen molar-refractivity contribution in [3.63, 3.8) is 0 Å². The van der Waals surface area contributed by atoms with Gasteiger partial charge in [0.05, 0.1) is 16.9 Å². The minimum atomic E-state index is -0.986. The minimum Gasteiger partial charge on any atom is -0.478 e. The summed E-state index contributed by atoms with van der Waals surface area (Å²) in [5.41, 5.74) is 7.26. The van der Waals surface area contributed by atoms with E-state index in [1.165, 1.54) is 6.07 Å². The highest BCUT2D eigenvalue weighted by Crippen LogP contribution is 2.25. The number of hydrogen-bond donors (Lipinski definition) is 3. The predicted octanol–water partition coefficient (Wildman–Crippen LogP) is 0.293. The van der Waals surface area contributed by atoms with Crippen LogP contribution in [0.25, 0.3) is 0 Å². The summed E-state index contributed by atoms with van der Waals surface area (Å²) in [6.45, 7) is 1.70. The molecule has 1 saturated heterocycles. The van der Waals surface area contributed by atoms with E-state index in [4.69, 9.17) is 10.8 Å². The third kappa shape index (κ3) is 2.53. The molecule has 1 amide bonds. The van der Waals surface area contributed by atoms with Gasteiger partial charge in [0.1, 0.15) is 0 Å². The molecular weight excluding hydrogens is 234 g/mol. The van der Waals surface area contributed by atoms with E-state index in [0.29, 0.717) is 37.4 Å². The second kappa shape index (κ2) is 4.95. The lowest BCUT2D eigenvalue weighted by Crippen LogP contribution is -2.29. The van der Waals surface area contributed by atoms with Crippen molar-refractivity contribution in [2.45, 2.75) is 6.42 Å². The van der Waals surface area contributed by atoms with Crippen molar-refractivity contribution in [2.75, 3.05) is 30.3 Å². The lowest BCUT2D eigenvalue weighted by molar-refractivity contribution is -0.120. The highest BCUT2D eigenvalue weighted by atomic mass is 16.4. The summed E-state index contributed by atoms with van der Waals surface area (Å²) < 4.78 is 0. The summed E-state index contributed by atoms with van der Waals surface area (Å²) in [5, 5.41) is 11.7. The van der Waals surface area contributed by atoms with Gasteiger partial charge in [0.15, 0.2) is 0 Å². The predicted molar refractivity (Wildman–Crippen MR) is 67.7 cm³/mol. The van der Waals surface area contributed by atoms with E-state index in [0.717, 1.165) is 0 Å². The van der Waals surface area contributed by atoms with Crippen LogP contribution in [0.15, 0.2) is 18.2 Å². The van der Waals surface area contributed by atoms with E-state index in [9.17, 15) is 9.59 Å². The van der Waals surface area contributed by atoms with Gasteiger partial charge in [0.25, 0.3) is 0 Å². The van der Waals surface area contributed by atoms with Gasteiger partial charge >= 0.3 is 5.97 Å². The Morgan fingerprint density at radius 3 is 2.89 bits per heavy atom. The Bertz CT molecular complexity index is 487. The molecule has 6 heteroatoms. The number of nitrogen functional groups attached to an aromatic ring is 1. The molecule has 2 rings (SSSR count). The number of rotatable bonds is 2. The molecule has 0 unspecified atom stereocenters. The Balaban J connectivity index is 2.28. The number of hydrogen-bond acceptors (Lipinski definition) is 4. The summed E-state index contributed by atoms with van der Waals surface area (Å²) in [6, 6.07) is 4.61. The largest absolute Gasteiger partial charge is 0.478 e. The molecule has 1 aromatic rings. The van der Waals surface area contributed by atoms with E-state index < -0.39 is 5.97 Å². The number of carboxylic acids is 1. The first-order valence-corrected chi connectivity index (χ1v) is 5.72. The van der Waals surface area contributed by atoms with Crippen LogP contribution in [0.1, 0.15) is 16.8 Å². The van der Waals surface area contributed by atoms with Crippen LogP contribution in [0.4, 0.5) is 11.4 Å². The molecule has 18 heavy (non-hydrogen) atoms. The number of nitrogens with one attached hydrogen (secondary N) is 1. The number of aromatic carboxylic acids is 1. The highest BCUT2D eigenvalue weighted by Gasteiger charge is 2.17. The second-order valence-electron chi connectivity index (χ2n) is 4.17. The van der Waals surface area contributed by atoms with Crippen LogP contribution in [0.5, 0.6) is 0 Å². The average Bonchev–Trinajstić information content (AvgIpc) is 2.54. The summed E-state index contributed by atoms with van der Waals surface area (Å²) in [7, 11) is 0. The van der Waals surface area contributed by atoms with Crippen molar-refractivity contribution in [2.24, 2.45) is 0 Å². The first kappa shape index (κ1) is 12.2. The van der Waals surface area contributed by atoms with E-state index >= 15 is 0 Å². The summed E-state index contributed by atoms with van der Waals surface area (Å²) in [5.74, 6) is -0.981. The van der Waals surface area contributed by atoms with Crippen LogP contribution in [-0.4, -0.2) is 36.6 Å². The van der Waals surface area contributed by atoms with Crippen LogP contribution in [0.2, 0.25) is 0 Å². The van der Waals surface area contributed by atoms with Crippen LogP contribution >= 0.6 is 0 Å². The Kier molecular flexibility index (Phi) is 3.36. The fourth-order valence-electron chi connectivity index (χ4n) is 1.96. The van der Waals surface area contributed by atoms with Crippen molar-refractivity contribution in [1.29, 1.82) is 0 Å². The SMILES string of the molecule is Nc1ccc(C(=O)O)cc1N1CCNC(=O)CC1. The van der Waals surface area contributed by atoms with Gasteiger partial charge in [-0.2, -0.15) is 0 Å². The third-order valence-corrected chi connectivity index (χ3v) is 2.93. The standard InChI is InChI=1S/C12H15N3O3/c13-9-2-1-8(12(17)18)7-10(9)15-5-3-11(16)14-4-6-15/h1-2,7H,3-6,13H2,(H,14,16)(H,17,18). The van der Waals surface area contributed by atoms with Gasteiger partial charge in [-0.05, 0) is 18.2 Å². The summed E-state index contributed by atoms with van der Waals surface area (Å²) >= 11 is 0. The van der Waals surface area contributed by atoms with Crippen molar-refractivity contribution in [3.05, 3.63) is 23.8 Å². The van der Waals surface area contributed by atoms with Gasteiger partial charge in [-0.3, -0.25) is 4.79 Å². The van der Waals surface area contributed by atoms with Gasteiger partial charge in [0.2, 0.25) is 5.91 Å². The van der Waals surface area contributed by atoms with Crippen molar-refractivity contribution < 1.29 is 14.7 Å². The molecule has 1 aliphatic heterocycles. The first-order valence-electron chi connectivity index (χ1n) is 5.72. The van der Waals surface area contributed by atoms with Gasteiger partial charge in [-0.25, -0.2) is 4.79 Å². The Morgan fingerprint density at radius 2 is 2.17 bits per heavy atom. The Morgan fingerprint density at radius 1 is 1.39 bits per heavy atom. The maximum absolute atomic E-state index is 11.3. The fourth-order valence-corrected chi connectivity index (χ4v) is 1.96. The van der Waals surface area contributed by atoms with E-state index in [1.807, 2.05) is 4.90 Å². The molecule has 0 aromatic heterocycles. The molecule has 1 aromatic carbocycles. The van der Waals surface area contributed by atoms with Crippen molar-refractivity contribution in [1.82, 2.24) is 5.32 Å². The molecule has 0 spiro atoms. The number of carbonyl (C=O) groups excluding carboxylic acids is 1. The van der Waals surface area contributed by atoms with Gasteiger partial charge < -0.3 is 21.1 Å². The number of anilines is 2. The number of amides is 1. The van der Waals surface area contributed by atoms with Crippen LogP contribution in [0, 0.1) is 0 Å². The smallest absolute Gasteiger partial charge is 0.335 e. The molecule has 0 bridgehead atoms. The first-order chi connectivity index (χ1) is 8.58. The van der Waals surface area contributed by atoms with Crippen LogP contribution in [-0.2, 0) is 4.79 Å². The van der Waals surface area contributed by atoms with Gasteiger partial charge in [-0.1, -0.05) is 0 Å². The summed E-state index contributed by atoms with van der Waals surface area (Å²) in [4.78, 5) is 24.1. The van der Waals surface area contributed by atoms with Crippen molar-refractivity contribution >= 4 is 23.3 Å². The minimum absolute atomic E-state index is 0.00506. The summed E-state index contributed by atoms with van der Waals surface area (Å²) in [6.07, 6.45) is 0.386. The normalized spacial score (nSPS) is 16.0. The molecule has 0 aliphatic carbocycles. The molecule has 0 saturated carbocycles. The zero-order valence-electron chi connectivity index (χ0n) is 9.85. The molecule has 4 N–H and O–H groups in total. The molecule has 1 aliphatic rings.